The number of amides is 3. The van der Waals surface area contributed by atoms with Crippen LogP contribution in [0, 0.1) is 28.7 Å². The lowest BCUT2D eigenvalue weighted by molar-refractivity contribution is -0.0606. The van der Waals surface area contributed by atoms with Gasteiger partial charge in [-0.25, -0.2) is 36.7 Å². The number of nitrogens with zero attached hydrogens (tertiary/aromatic N) is 18. The number of aliphatic hydroxyl groups is 1. The van der Waals surface area contributed by atoms with Gasteiger partial charge in [0.15, 0.2) is 34.8 Å². The summed E-state index contributed by atoms with van der Waals surface area (Å²) in [6, 6.07) is 16.1. The number of aromatic nitrogens is 8. The number of rotatable bonds is 16. The van der Waals surface area contributed by atoms with E-state index in [9.17, 15) is 72.7 Å². The smallest absolute Gasteiger partial charge is 0.448 e. The lowest BCUT2D eigenvalue weighted by Gasteiger charge is -2.37. The Morgan fingerprint density at radius 2 is 0.835 bits per heavy atom. The average Bonchev–Trinajstić information content (AvgIpc) is 1.43. The van der Waals surface area contributed by atoms with Gasteiger partial charge in [-0.2, -0.15) is 36.5 Å². The van der Waals surface area contributed by atoms with Gasteiger partial charge in [0.05, 0.1) is 74.5 Å². The first-order valence-corrected chi connectivity index (χ1v) is 44.6. The van der Waals surface area contributed by atoms with E-state index in [4.69, 9.17) is 134 Å². The van der Waals surface area contributed by atoms with Crippen molar-refractivity contribution in [3.05, 3.63) is 187 Å². The first-order chi connectivity index (χ1) is 65.0. The Balaban J connectivity index is 0.000000244. The Labute approximate surface area is 831 Å². The monoisotopic (exact) mass is 2110 g/mol. The maximum Gasteiger partial charge on any atom is 0.448 e. The third-order valence-electron chi connectivity index (χ3n) is 19.1. The number of anilines is 7. The number of Topliss-reactive ketones (excluding diaryl/α,β-unsaturated/α-hetero) is 2. The van der Waals surface area contributed by atoms with Crippen LogP contribution in [0.5, 0.6) is 0 Å². The van der Waals surface area contributed by atoms with Gasteiger partial charge in [-0.15, -0.1) is 40.8 Å². The number of fused-ring (bicyclic) bond motifs is 4. The lowest BCUT2D eigenvalue weighted by atomic mass is 10.0. The Hall–Kier alpha value is -11.2. The van der Waals surface area contributed by atoms with Gasteiger partial charge in [0, 0.05) is 140 Å². The van der Waals surface area contributed by atoms with Crippen LogP contribution in [0.4, 0.5) is 98.5 Å². The van der Waals surface area contributed by atoms with E-state index >= 15 is 0 Å². The fraction of sp³-hybridized carbons (Fsp3) is 0.419. The summed E-state index contributed by atoms with van der Waals surface area (Å²) in [4.78, 5) is 88.9. The molecule has 0 atom stereocenters. The molecule has 0 bridgehead atoms. The van der Waals surface area contributed by atoms with E-state index < -0.39 is 113 Å². The van der Waals surface area contributed by atoms with E-state index in [1.807, 2.05) is 11.8 Å². The number of esters is 1. The fourth-order valence-electron chi connectivity index (χ4n) is 12.8. The molecule has 9 heterocycles. The van der Waals surface area contributed by atoms with Crippen LogP contribution in [0.25, 0.3) is 0 Å². The van der Waals surface area contributed by atoms with Crippen molar-refractivity contribution >= 4 is 192 Å². The zero-order valence-corrected chi connectivity index (χ0v) is 82.8. The van der Waals surface area contributed by atoms with Crippen LogP contribution in [-0.2, 0) is 56.3 Å². The van der Waals surface area contributed by atoms with Crippen molar-refractivity contribution in [3.8, 4) is 0 Å². The predicted molar refractivity (Wildman–Crippen MR) is 509 cm³/mol. The zero-order valence-electron chi connectivity index (χ0n) is 76.8. The predicted octanol–water partition coefficient (Wildman–Crippen LogP) is 17.9. The number of ketones is 2. The molecule has 10 N–H and O–H groups in total. The molecule has 0 fully saturated rings. The molecule has 0 unspecified atom stereocenters. The van der Waals surface area contributed by atoms with Crippen molar-refractivity contribution in [2.75, 3.05) is 114 Å². The second-order valence-electron chi connectivity index (χ2n) is 32.7. The van der Waals surface area contributed by atoms with Gasteiger partial charge < -0.3 is 59.9 Å². The highest BCUT2D eigenvalue weighted by Crippen LogP contribution is 2.43. The summed E-state index contributed by atoms with van der Waals surface area (Å²) in [5.74, 6) is 2.56. The van der Waals surface area contributed by atoms with Gasteiger partial charge in [-0.3, -0.25) is 46.4 Å². The molecule has 5 aliphatic rings. The quantitative estimate of drug-likeness (QED) is 0.00602. The molecular formula is C86H97Cl8F10N23O12. The first-order valence-electron chi connectivity index (χ1n) is 41.6. The van der Waals surface area contributed by atoms with Gasteiger partial charge in [-0.1, -0.05) is 92.8 Å². The van der Waals surface area contributed by atoms with Gasteiger partial charge in [0.1, 0.15) is 69.4 Å². The van der Waals surface area contributed by atoms with Crippen molar-refractivity contribution in [3.63, 3.8) is 0 Å². The number of hydrazine groups is 1. The number of amidine groups is 1. The van der Waals surface area contributed by atoms with E-state index in [-0.39, 0.29) is 159 Å². The van der Waals surface area contributed by atoms with Crippen LogP contribution in [0.3, 0.4) is 0 Å². The number of aliphatic imine (C=N–C) groups is 1. The normalized spacial score (nSPS) is 13.9. The average molecular weight is 2120 g/mol. The minimum absolute atomic E-state index is 0.0130. The van der Waals surface area contributed by atoms with Crippen LogP contribution < -0.4 is 57.5 Å². The largest absolute Gasteiger partial charge is 0.482 e. The Morgan fingerprint density at radius 1 is 0.489 bits per heavy atom. The van der Waals surface area contributed by atoms with Crippen molar-refractivity contribution in [1.82, 2.24) is 40.8 Å². The number of alkyl halides is 6. The number of halogens is 18. The summed E-state index contributed by atoms with van der Waals surface area (Å²) in [5.41, 5.74) is 10.9. The molecule has 3 amide bonds. The minimum atomic E-state index is -4.89. The van der Waals surface area contributed by atoms with E-state index in [1.54, 1.807) is 96.9 Å². The van der Waals surface area contributed by atoms with Crippen molar-refractivity contribution < 1.29 is 101 Å². The van der Waals surface area contributed by atoms with Crippen molar-refractivity contribution in [1.29, 1.82) is 5.41 Å². The van der Waals surface area contributed by atoms with E-state index in [2.05, 4.69) is 72.4 Å². The first kappa shape index (κ1) is 115. The zero-order chi connectivity index (χ0) is 104. The third-order valence-corrected chi connectivity index (χ3v) is 22.2. The number of hydrogen-bond acceptors (Lipinski definition) is 31. The van der Waals surface area contributed by atoms with Crippen LogP contribution in [0.15, 0.2) is 88.0 Å². The van der Waals surface area contributed by atoms with Crippen LogP contribution in [0.2, 0.25) is 40.2 Å². The molecule has 4 aromatic heterocycles. The summed E-state index contributed by atoms with van der Waals surface area (Å²) in [6.45, 7) is 22.8. The number of ether oxygens (including phenoxy) is 5. The molecule has 4 aromatic carbocycles. The molecule has 5 aliphatic heterocycles. The highest BCUT2D eigenvalue weighted by Gasteiger charge is 2.42. The number of nitrogens with one attached hydrogen (secondary N) is 1. The molecule has 0 aliphatic carbocycles. The van der Waals surface area contributed by atoms with Gasteiger partial charge in [0.25, 0.3) is 0 Å². The van der Waals surface area contributed by atoms with Gasteiger partial charge >= 0.3 is 36.6 Å². The number of carbonyl (C=O) groups excluding carboxylic acids is 6. The highest BCUT2D eigenvalue weighted by molar-refractivity contribution is 6.38. The molecule has 139 heavy (non-hydrogen) atoms. The number of benzene rings is 4. The van der Waals surface area contributed by atoms with E-state index in [0.717, 1.165) is 12.5 Å². The number of hydrogen-bond donors (Lipinski definition) is 6. The molecule has 0 spiro atoms. The number of aryl methyl sites for hydroxylation is 1. The van der Waals surface area contributed by atoms with Crippen LogP contribution in [-0.4, -0.2) is 213 Å². The Bertz CT molecular complexity index is 5740. The molecule has 8 aromatic rings. The molecule has 35 nitrogen and oxygen atoms in total. The van der Waals surface area contributed by atoms with Crippen LogP contribution in [0.1, 0.15) is 161 Å². The molecule has 53 heteroatoms. The van der Waals surface area contributed by atoms with Crippen molar-refractivity contribution in [2.24, 2.45) is 38.3 Å². The molecule has 754 valence electrons. The number of nitrogens with two attached hydrogens (primary N) is 4. The Kier molecular flexibility index (Phi) is 41.5. The summed E-state index contributed by atoms with van der Waals surface area (Å²) in [5, 5.41) is 53.6. The number of carbonyl (C=O) groups is 6. The molecule has 0 saturated heterocycles. The molecule has 0 radical (unpaired) electrons. The topological polar surface area (TPSA) is 460 Å². The highest BCUT2D eigenvalue weighted by atomic mass is 35.5. The van der Waals surface area contributed by atoms with E-state index in [0.29, 0.717) is 82.2 Å². The SMILES string of the molecule is CC(C)(C)OC(=O)N1CCN(Cc2c(Cl)ccc(F)c2Cl)c2cc(C(=O)CN)nnc21.CC(C)(C)OC(=O)N1CCN(Cc2c(Cl)ccc(F)c2Cl)c2cc(C(=O)CN=C(N)C(F)(F)F)nnc21.CCO.CCOC(C)=N.COC(=O)c1cc2c(nn1)N(C(=O)OC(C)(C)C)CCN2Cc1c(Cl)ccc(F)c1Cl.Fc1ccc(Cl)c(CN2CCCc3nnc(C4=NN=C(C(F)(F)F)C4)cc32)c1Cl.NN. The van der Waals surface area contributed by atoms with E-state index in [1.165, 1.54) is 82.5 Å². The second kappa shape index (κ2) is 50.2. The number of methoxy groups -OCH3 is 1. The second-order valence-corrected chi connectivity index (χ2v) is 35.8. The standard InChI is InChI=1S/C22H22Cl2F4N6O3.C20H22Cl2FN5O3.C20H21Cl2FN4O4.C18H13Cl2F4N5.C4H9NO.C2H6O.H4N2/c1-21(2,3)37-20(36)34-7-6-33(10-11-12(23)4-5-13(25)17(11)24)15-8-14(31-32-18(15)34)16(35)9-30-19(29)22(26,27)28;1-20(2,3)31-19(30)28-7-6-27(10-11-12(21)4-5-13(23)17(11)22)15-8-14(16(29)9-24)25-26-18(15)28;1-20(2,3)31-19(29)27-8-7-26(10-11-12(21)5-6-13(23)16(11)22)15-9-14(18(28)30-4)24-25-17(15)27;19-10-3-4-11(21)17(20)9(10)8-29-5-1-2-12-15(29)6-13(26-25-12)14-7-16(28-27-14)18(22,23)24;1-3-6-4(2)5;1-2-3;1-2/h4-5,8H,6-7,9-10H2,1-3H3,(H2,29,30);4-5,8H,6-7,9-10,24H2,1-3H3;5-6,9H,7-8,10H2,1-4H3;3-4,6H,1-2,5,7-8H2;5H,3H2,1-2H3;3H,2H2,1H3;1-2H2. The maximum atomic E-state index is 14.1. The minimum Gasteiger partial charge on any atom is -0.482 e. The Morgan fingerprint density at radius 3 is 1.14 bits per heavy atom. The summed E-state index contributed by atoms with van der Waals surface area (Å²) >= 11 is 49.4. The summed E-state index contributed by atoms with van der Waals surface area (Å²) in [6.07, 6.45) is -10.4. The van der Waals surface area contributed by atoms with Crippen molar-refractivity contribution in [2.45, 2.75) is 158 Å². The van der Waals surface area contributed by atoms with Crippen LogP contribution >= 0.6 is 92.8 Å². The molecular weight excluding hydrogens is 2020 g/mol. The summed E-state index contributed by atoms with van der Waals surface area (Å²) < 4.78 is 158. The van der Waals surface area contributed by atoms with Gasteiger partial charge in [0.2, 0.25) is 11.6 Å². The molecule has 0 saturated carbocycles. The summed E-state index contributed by atoms with van der Waals surface area (Å²) in [7, 11) is 1.22. The maximum absolute atomic E-state index is 14.1. The number of aliphatic hydroxyl groups excluding tert-OH is 1. The van der Waals surface area contributed by atoms with Gasteiger partial charge in [-0.05, 0) is 156 Å². The molecule has 13 rings (SSSR count). The fourth-order valence-corrected chi connectivity index (χ4v) is 14.8. The third kappa shape index (κ3) is 31.6. The lowest BCUT2D eigenvalue weighted by Crippen LogP contribution is -2.46.